The molecule has 2 fully saturated rings. The summed E-state index contributed by atoms with van der Waals surface area (Å²) < 4.78 is 43.4. The van der Waals surface area contributed by atoms with Crippen molar-refractivity contribution >= 4 is 0 Å². The van der Waals surface area contributed by atoms with Gasteiger partial charge in [0.15, 0.2) is 0 Å². The van der Waals surface area contributed by atoms with Gasteiger partial charge in [0, 0.05) is 13.2 Å². The van der Waals surface area contributed by atoms with E-state index in [0.717, 1.165) is 0 Å². The maximum absolute atomic E-state index is 12.7. The zero-order chi connectivity index (χ0) is 11.9. The molecule has 2 aliphatic rings. The molecule has 5 atom stereocenters. The van der Waals surface area contributed by atoms with E-state index in [2.05, 4.69) is 0 Å². The van der Waals surface area contributed by atoms with Crippen LogP contribution in [0.5, 0.6) is 0 Å². The molecule has 0 unspecified atom stereocenters. The number of hydrogen-bond acceptors (Lipinski definition) is 2. The molecule has 0 spiro atoms. The first-order valence-electron chi connectivity index (χ1n) is 5.72. The Bertz CT molecular complexity index is 254. The Hall–Kier alpha value is -0.290. The minimum atomic E-state index is -4.16. The predicted molar refractivity (Wildman–Crippen MR) is 51.7 cm³/mol. The minimum Gasteiger partial charge on any atom is -0.396 e. The number of aliphatic hydroxyl groups excluding tert-OH is 1. The SMILES string of the molecule is C[C@H]1CO[C@@H]2C[C@@H](C(F)(F)F)C[C@@H](CO)[C@@H]12. The fourth-order valence-electron chi connectivity index (χ4n) is 3.22. The second-order valence-corrected chi connectivity index (χ2v) is 5.08. The van der Waals surface area contributed by atoms with Gasteiger partial charge in [-0.05, 0) is 30.6 Å². The molecule has 0 aromatic heterocycles. The van der Waals surface area contributed by atoms with E-state index in [1.807, 2.05) is 6.92 Å². The lowest BCUT2D eigenvalue weighted by molar-refractivity contribution is -0.200. The lowest BCUT2D eigenvalue weighted by Gasteiger charge is -2.38. The van der Waals surface area contributed by atoms with E-state index in [1.54, 1.807) is 0 Å². The van der Waals surface area contributed by atoms with Gasteiger partial charge in [0.1, 0.15) is 0 Å². The number of rotatable bonds is 1. The zero-order valence-electron chi connectivity index (χ0n) is 9.20. The van der Waals surface area contributed by atoms with Crippen molar-refractivity contribution < 1.29 is 23.0 Å². The van der Waals surface area contributed by atoms with Gasteiger partial charge >= 0.3 is 6.18 Å². The van der Waals surface area contributed by atoms with Gasteiger partial charge in [-0.25, -0.2) is 0 Å². The van der Waals surface area contributed by atoms with Crippen LogP contribution in [0.15, 0.2) is 0 Å². The molecule has 1 N–H and O–H groups in total. The van der Waals surface area contributed by atoms with Crippen LogP contribution in [-0.2, 0) is 4.74 Å². The second-order valence-electron chi connectivity index (χ2n) is 5.08. The van der Waals surface area contributed by atoms with Gasteiger partial charge in [-0.1, -0.05) is 6.92 Å². The van der Waals surface area contributed by atoms with Gasteiger partial charge < -0.3 is 9.84 Å². The highest BCUT2D eigenvalue weighted by atomic mass is 19.4. The van der Waals surface area contributed by atoms with E-state index in [1.165, 1.54) is 0 Å². The molecular weight excluding hydrogens is 221 g/mol. The maximum Gasteiger partial charge on any atom is 0.391 e. The highest BCUT2D eigenvalue weighted by Gasteiger charge is 2.52. The van der Waals surface area contributed by atoms with Crippen LogP contribution in [0.3, 0.4) is 0 Å². The molecule has 1 saturated carbocycles. The molecule has 1 saturated heterocycles. The summed E-state index contributed by atoms with van der Waals surface area (Å²) in [5, 5.41) is 9.22. The van der Waals surface area contributed by atoms with Crippen LogP contribution in [-0.4, -0.2) is 30.6 Å². The predicted octanol–water partition coefficient (Wildman–Crippen LogP) is 2.22. The monoisotopic (exact) mass is 238 g/mol. The van der Waals surface area contributed by atoms with Gasteiger partial charge in [0.2, 0.25) is 0 Å². The molecule has 1 aliphatic heterocycles. The smallest absolute Gasteiger partial charge is 0.391 e. The molecule has 2 rings (SSSR count). The summed E-state index contributed by atoms with van der Waals surface area (Å²) in [5.41, 5.74) is 0. The Morgan fingerprint density at radius 1 is 1.31 bits per heavy atom. The van der Waals surface area contributed by atoms with Crippen molar-refractivity contribution in [1.29, 1.82) is 0 Å². The molecule has 0 aromatic carbocycles. The Labute approximate surface area is 92.8 Å². The van der Waals surface area contributed by atoms with Gasteiger partial charge in [0.05, 0.1) is 12.0 Å². The van der Waals surface area contributed by atoms with E-state index >= 15 is 0 Å². The third kappa shape index (κ3) is 2.07. The number of halogens is 3. The number of ether oxygens (including phenoxy) is 1. The Morgan fingerprint density at radius 2 is 2.00 bits per heavy atom. The third-order valence-corrected chi connectivity index (χ3v) is 4.01. The van der Waals surface area contributed by atoms with Crippen molar-refractivity contribution in [3.63, 3.8) is 0 Å². The number of hydrogen-bond donors (Lipinski definition) is 1. The topological polar surface area (TPSA) is 29.5 Å². The first kappa shape index (κ1) is 12.2. The minimum absolute atomic E-state index is 0.0505. The van der Waals surface area contributed by atoms with Crippen molar-refractivity contribution in [2.24, 2.45) is 23.7 Å². The molecule has 0 bridgehead atoms. The molecule has 16 heavy (non-hydrogen) atoms. The van der Waals surface area contributed by atoms with Gasteiger partial charge in [-0.2, -0.15) is 13.2 Å². The Balaban J connectivity index is 2.12. The standard InChI is InChI=1S/C11H17F3O2/c1-6-5-16-9-3-8(11(12,13)14)2-7(4-15)10(6)9/h6-10,15H,2-5H2,1H3/t6-,7-,8-,9+,10+/m0/s1. The van der Waals surface area contributed by atoms with E-state index in [4.69, 9.17) is 4.74 Å². The molecular formula is C11H17F3O2. The van der Waals surface area contributed by atoms with Crippen molar-refractivity contribution in [1.82, 2.24) is 0 Å². The van der Waals surface area contributed by atoms with Crippen molar-refractivity contribution in [2.45, 2.75) is 32.0 Å². The lowest BCUT2D eigenvalue weighted by Crippen LogP contribution is -2.42. The zero-order valence-corrected chi connectivity index (χ0v) is 9.20. The van der Waals surface area contributed by atoms with Gasteiger partial charge in [-0.3, -0.25) is 0 Å². The van der Waals surface area contributed by atoms with E-state index < -0.39 is 12.1 Å². The average molecular weight is 238 g/mol. The molecule has 94 valence electrons. The van der Waals surface area contributed by atoms with Crippen LogP contribution in [0.4, 0.5) is 13.2 Å². The van der Waals surface area contributed by atoms with Crippen LogP contribution < -0.4 is 0 Å². The average Bonchev–Trinajstić information content (AvgIpc) is 2.58. The normalized spacial score (nSPS) is 44.4. The fourth-order valence-corrected chi connectivity index (χ4v) is 3.22. The quantitative estimate of drug-likeness (QED) is 0.759. The van der Waals surface area contributed by atoms with Crippen molar-refractivity contribution in [2.75, 3.05) is 13.2 Å². The van der Waals surface area contributed by atoms with E-state index in [0.29, 0.717) is 6.61 Å². The largest absolute Gasteiger partial charge is 0.396 e. The summed E-state index contributed by atoms with van der Waals surface area (Å²) in [4.78, 5) is 0. The number of alkyl halides is 3. The van der Waals surface area contributed by atoms with Crippen molar-refractivity contribution in [3.05, 3.63) is 0 Å². The summed E-state index contributed by atoms with van der Waals surface area (Å²) in [6.45, 7) is 2.35. The summed E-state index contributed by atoms with van der Waals surface area (Å²) in [6.07, 6.45) is -4.36. The molecule has 1 aliphatic carbocycles. The number of fused-ring (bicyclic) bond motifs is 1. The van der Waals surface area contributed by atoms with Gasteiger partial charge in [0.25, 0.3) is 0 Å². The molecule has 1 heterocycles. The van der Waals surface area contributed by atoms with Crippen LogP contribution >= 0.6 is 0 Å². The molecule has 0 amide bonds. The molecule has 2 nitrogen and oxygen atoms in total. The maximum atomic E-state index is 12.7. The van der Waals surface area contributed by atoms with Crippen LogP contribution in [0.25, 0.3) is 0 Å². The van der Waals surface area contributed by atoms with E-state index in [-0.39, 0.29) is 43.3 Å². The van der Waals surface area contributed by atoms with Crippen LogP contribution in [0, 0.1) is 23.7 Å². The summed E-state index contributed by atoms with van der Waals surface area (Å²) in [6, 6.07) is 0. The molecule has 5 heteroatoms. The Kier molecular flexibility index (Phi) is 3.18. The van der Waals surface area contributed by atoms with Crippen LogP contribution in [0.2, 0.25) is 0 Å². The second kappa shape index (κ2) is 4.18. The first-order chi connectivity index (χ1) is 7.43. The number of aliphatic hydroxyl groups is 1. The van der Waals surface area contributed by atoms with Crippen LogP contribution in [0.1, 0.15) is 19.8 Å². The third-order valence-electron chi connectivity index (χ3n) is 4.01. The highest BCUT2D eigenvalue weighted by molar-refractivity contribution is 4.94. The summed E-state index contributed by atoms with van der Waals surface area (Å²) in [7, 11) is 0. The summed E-state index contributed by atoms with van der Waals surface area (Å²) >= 11 is 0. The van der Waals surface area contributed by atoms with Crippen molar-refractivity contribution in [3.8, 4) is 0 Å². The summed E-state index contributed by atoms with van der Waals surface area (Å²) in [5.74, 6) is -1.21. The van der Waals surface area contributed by atoms with Gasteiger partial charge in [-0.15, -0.1) is 0 Å². The Morgan fingerprint density at radius 3 is 2.56 bits per heavy atom. The lowest BCUT2D eigenvalue weighted by atomic mass is 9.69. The highest BCUT2D eigenvalue weighted by Crippen LogP contribution is 2.48. The molecule has 0 radical (unpaired) electrons. The fraction of sp³-hybridized carbons (Fsp3) is 1.00. The van der Waals surface area contributed by atoms with E-state index in [9.17, 15) is 18.3 Å². The molecule has 0 aromatic rings. The first-order valence-corrected chi connectivity index (χ1v) is 5.72.